The molecule has 0 N–H and O–H groups in total. The highest BCUT2D eigenvalue weighted by Crippen LogP contribution is 2.38. The fourth-order valence-electron chi connectivity index (χ4n) is 4.22. The first-order chi connectivity index (χ1) is 16.0. The van der Waals surface area contributed by atoms with Crippen molar-refractivity contribution in [1.82, 2.24) is 4.98 Å². The molecule has 0 radical (unpaired) electrons. The Morgan fingerprint density at radius 2 is 1.64 bits per heavy atom. The van der Waals surface area contributed by atoms with E-state index in [0.717, 1.165) is 47.6 Å². The molecule has 33 heavy (non-hydrogen) atoms. The number of hydrogen-bond acceptors (Lipinski definition) is 6. The molecule has 2 aromatic carbocycles. The molecule has 1 fully saturated rings. The van der Waals surface area contributed by atoms with Crippen LogP contribution >= 0.6 is 11.3 Å². The van der Waals surface area contributed by atoms with Crippen LogP contribution in [0.1, 0.15) is 47.3 Å². The summed E-state index contributed by atoms with van der Waals surface area (Å²) >= 11 is 1.50. The summed E-state index contributed by atoms with van der Waals surface area (Å²) < 4.78 is 10.1. The highest BCUT2D eigenvalue weighted by Gasteiger charge is 2.30. The number of aromatic nitrogens is 1. The molecule has 1 aliphatic rings. The molecule has 1 heterocycles. The number of aryl methyl sites for hydroxylation is 1. The number of anilines is 2. The van der Waals surface area contributed by atoms with Crippen molar-refractivity contribution in [2.45, 2.75) is 39.0 Å². The Morgan fingerprint density at radius 3 is 2.24 bits per heavy atom. The number of rotatable bonds is 6. The van der Waals surface area contributed by atoms with Gasteiger partial charge in [0.2, 0.25) is 5.91 Å². The zero-order valence-corrected chi connectivity index (χ0v) is 20.0. The zero-order valence-electron chi connectivity index (χ0n) is 19.2. The quantitative estimate of drug-likeness (QED) is 0.409. The minimum Gasteiger partial charge on any atom is -0.497 e. The third kappa shape index (κ3) is 4.93. The second kappa shape index (κ2) is 10.2. The number of nitrogens with zero attached hydrogens (tertiary/aromatic N) is 2. The van der Waals surface area contributed by atoms with Gasteiger partial charge < -0.3 is 9.47 Å². The monoisotopic (exact) mass is 464 g/mol. The van der Waals surface area contributed by atoms with Crippen molar-refractivity contribution in [2.75, 3.05) is 19.1 Å². The normalized spacial score (nSPS) is 14.0. The lowest BCUT2D eigenvalue weighted by atomic mass is 9.88. The molecule has 0 atom stereocenters. The van der Waals surface area contributed by atoms with Gasteiger partial charge in [0.25, 0.3) is 0 Å². The van der Waals surface area contributed by atoms with Crippen molar-refractivity contribution in [2.24, 2.45) is 5.92 Å². The van der Waals surface area contributed by atoms with Gasteiger partial charge in [0.15, 0.2) is 5.13 Å². The fourth-order valence-corrected chi connectivity index (χ4v) is 5.18. The molecule has 172 valence electrons. The van der Waals surface area contributed by atoms with E-state index in [4.69, 9.17) is 14.5 Å². The summed E-state index contributed by atoms with van der Waals surface area (Å²) in [6.07, 6.45) is 5.10. The Bertz CT molecular complexity index is 1120. The number of carbonyl (C=O) groups excluding carboxylic acids is 2. The standard InChI is InChI=1S/C26H28N2O4S/c1-17-23(18-11-15-22(31-2)16-12-18)27-26(33-17)28(24(29)19-7-5-4-6-8-19)21-13-9-20(10-14-21)25(30)32-3/h9-16,19H,4-8H2,1-3H3. The summed E-state index contributed by atoms with van der Waals surface area (Å²) in [5.74, 6) is 0.425. The van der Waals surface area contributed by atoms with Gasteiger partial charge in [0.1, 0.15) is 5.75 Å². The lowest BCUT2D eigenvalue weighted by Gasteiger charge is -2.27. The molecule has 1 saturated carbocycles. The lowest BCUT2D eigenvalue weighted by molar-refractivity contribution is -0.122. The number of hydrogen-bond donors (Lipinski definition) is 0. The molecule has 4 rings (SSSR count). The van der Waals surface area contributed by atoms with E-state index >= 15 is 0 Å². The molecule has 0 bridgehead atoms. The second-order valence-electron chi connectivity index (χ2n) is 8.18. The van der Waals surface area contributed by atoms with Crippen LogP contribution in [0.5, 0.6) is 5.75 Å². The summed E-state index contributed by atoms with van der Waals surface area (Å²) in [5, 5.41) is 0.639. The van der Waals surface area contributed by atoms with Crippen LogP contribution in [0.3, 0.4) is 0 Å². The average Bonchev–Trinajstić information content (AvgIpc) is 3.25. The van der Waals surface area contributed by atoms with Gasteiger partial charge >= 0.3 is 5.97 Å². The minimum absolute atomic E-state index is 0.0207. The highest BCUT2D eigenvalue weighted by molar-refractivity contribution is 7.16. The van der Waals surface area contributed by atoms with Crippen molar-refractivity contribution >= 4 is 34.0 Å². The molecule has 0 saturated heterocycles. The van der Waals surface area contributed by atoms with Crippen LogP contribution in [0.2, 0.25) is 0 Å². The summed E-state index contributed by atoms with van der Waals surface area (Å²) in [6, 6.07) is 14.7. The summed E-state index contributed by atoms with van der Waals surface area (Å²) in [4.78, 5) is 33.2. The molecule has 0 unspecified atom stereocenters. The Morgan fingerprint density at radius 1 is 0.970 bits per heavy atom. The topological polar surface area (TPSA) is 68.7 Å². The number of amides is 1. The Hall–Kier alpha value is -3.19. The van der Waals surface area contributed by atoms with Crippen LogP contribution in [0, 0.1) is 12.8 Å². The van der Waals surface area contributed by atoms with E-state index in [1.54, 1.807) is 36.3 Å². The third-order valence-electron chi connectivity index (χ3n) is 6.06. The molecule has 0 aliphatic heterocycles. The van der Waals surface area contributed by atoms with Gasteiger partial charge in [-0.1, -0.05) is 19.3 Å². The molecular formula is C26H28N2O4S. The predicted molar refractivity (Wildman–Crippen MR) is 130 cm³/mol. The summed E-state index contributed by atoms with van der Waals surface area (Å²) in [7, 11) is 3.00. The van der Waals surface area contributed by atoms with Gasteiger partial charge in [0.05, 0.1) is 31.2 Å². The van der Waals surface area contributed by atoms with Crippen molar-refractivity contribution in [3.8, 4) is 17.0 Å². The number of carbonyl (C=O) groups is 2. The second-order valence-corrected chi connectivity index (χ2v) is 9.36. The zero-order chi connectivity index (χ0) is 23.4. The molecule has 7 heteroatoms. The van der Waals surface area contributed by atoms with Crippen molar-refractivity contribution in [1.29, 1.82) is 0 Å². The molecule has 1 amide bonds. The number of thiazole rings is 1. The van der Waals surface area contributed by atoms with E-state index in [1.807, 2.05) is 31.2 Å². The van der Waals surface area contributed by atoms with E-state index in [-0.39, 0.29) is 11.8 Å². The van der Waals surface area contributed by atoms with E-state index in [2.05, 4.69) is 0 Å². The largest absolute Gasteiger partial charge is 0.497 e. The van der Waals surface area contributed by atoms with E-state index in [0.29, 0.717) is 16.4 Å². The van der Waals surface area contributed by atoms with Gasteiger partial charge in [0, 0.05) is 16.4 Å². The van der Waals surface area contributed by atoms with Gasteiger partial charge in [-0.3, -0.25) is 9.69 Å². The van der Waals surface area contributed by atoms with E-state index in [9.17, 15) is 9.59 Å². The lowest BCUT2D eigenvalue weighted by Crippen LogP contribution is -2.33. The first kappa shape index (κ1) is 23.0. The van der Waals surface area contributed by atoms with Crippen molar-refractivity contribution < 1.29 is 19.1 Å². The molecule has 1 aliphatic carbocycles. The van der Waals surface area contributed by atoms with Crippen LogP contribution in [-0.2, 0) is 9.53 Å². The number of methoxy groups -OCH3 is 2. The minimum atomic E-state index is -0.404. The van der Waals surface area contributed by atoms with Gasteiger partial charge in [-0.2, -0.15) is 0 Å². The van der Waals surface area contributed by atoms with E-state index < -0.39 is 5.97 Å². The SMILES string of the molecule is COC(=O)c1ccc(N(C(=O)C2CCCCC2)c2nc(-c3ccc(OC)cc3)c(C)s2)cc1. The van der Waals surface area contributed by atoms with Crippen LogP contribution in [0.4, 0.5) is 10.8 Å². The fraction of sp³-hybridized carbons (Fsp3) is 0.346. The third-order valence-corrected chi connectivity index (χ3v) is 7.02. The van der Waals surface area contributed by atoms with Crippen LogP contribution in [0.15, 0.2) is 48.5 Å². The van der Waals surface area contributed by atoms with Gasteiger partial charge in [-0.05, 0) is 68.3 Å². The Balaban J connectivity index is 1.72. The molecule has 1 aromatic heterocycles. The Labute approximate surface area is 198 Å². The Kier molecular flexibility index (Phi) is 7.08. The van der Waals surface area contributed by atoms with E-state index in [1.165, 1.54) is 24.9 Å². The molecule has 3 aromatic rings. The predicted octanol–water partition coefficient (Wildman–Crippen LogP) is 6.16. The maximum atomic E-state index is 13.7. The van der Waals surface area contributed by atoms with Crippen molar-refractivity contribution in [3.05, 3.63) is 59.0 Å². The van der Waals surface area contributed by atoms with Gasteiger partial charge in [-0.25, -0.2) is 9.78 Å². The van der Waals surface area contributed by atoms with Crippen LogP contribution in [-0.4, -0.2) is 31.1 Å². The highest BCUT2D eigenvalue weighted by atomic mass is 32.1. The summed E-state index contributed by atoms with van der Waals surface area (Å²) in [6.45, 7) is 2.02. The smallest absolute Gasteiger partial charge is 0.337 e. The molecular weight excluding hydrogens is 436 g/mol. The molecule has 6 nitrogen and oxygen atoms in total. The van der Waals surface area contributed by atoms with Crippen LogP contribution in [0.25, 0.3) is 11.3 Å². The number of ether oxygens (including phenoxy) is 2. The van der Waals surface area contributed by atoms with Crippen molar-refractivity contribution in [3.63, 3.8) is 0 Å². The maximum absolute atomic E-state index is 13.7. The van der Waals surface area contributed by atoms with Crippen LogP contribution < -0.4 is 9.64 Å². The number of benzene rings is 2. The molecule has 0 spiro atoms. The maximum Gasteiger partial charge on any atom is 0.337 e. The average molecular weight is 465 g/mol. The summed E-state index contributed by atoms with van der Waals surface area (Å²) in [5.41, 5.74) is 2.97. The number of esters is 1. The first-order valence-corrected chi connectivity index (χ1v) is 12.0. The first-order valence-electron chi connectivity index (χ1n) is 11.2. The van der Waals surface area contributed by atoms with Gasteiger partial charge in [-0.15, -0.1) is 11.3 Å².